The number of rotatable bonds is 9. The second-order valence-corrected chi connectivity index (χ2v) is 4.44. The molecular formula is C15H27NO2. The van der Waals surface area contributed by atoms with Gasteiger partial charge in [-0.2, -0.15) is 0 Å². The lowest BCUT2D eigenvalue weighted by Gasteiger charge is -2.15. The van der Waals surface area contributed by atoms with E-state index in [1.54, 1.807) is 12.2 Å². The van der Waals surface area contributed by atoms with Crippen LogP contribution in [0.2, 0.25) is 0 Å². The number of carbonyl (C=O) groups excluding carboxylic acids is 1. The van der Waals surface area contributed by atoms with Gasteiger partial charge in [0.2, 0.25) is 0 Å². The number of allylic oxidation sites excluding steroid dienone is 3. The van der Waals surface area contributed by atoms with Crippen molar-refractivity contribution >= 4 is 5.97 Å². The molecule has 3 nitrogen and oxygen atoms in total. The standard InChI is InChI=1S/C15H27NO2/c1-4-7-9-13(6-3)12-18-15(17)14(11-16)10-8-5-2/h5,8,10,13H,4,6-7,9,11-12,16H2,1-3H3/b8-5+,14-10+. The Labute approximate surface area is 111 Å². The fourth-order valence-electron chi connectivity index (χ4n) is 1.62. The number of hydrogen-bond donors (Lipinski definition) is 1. The lowest BCUT2D eigenvalue weighted by molar-refractivity contribution is -0.140. The van der Waals surface area contributed by atoms with Crippen LogP contribution in [0.3, 0.4) is 0 Å². The van der Waals surface area contributed by atoms with Crippen LogP contribution in [-0.2, 0) is 9.53 Å². The van der Waals surface area contributed by atoms with E-state index in [-0.39, 0.29) is 12.5 Å². The van der Waals surface area contributed by atoms with Crippen LogP contribution in [-0.4, -0.2) is 19.1 Å². The number of carbonyl (C=O) groups is 1. The Kier molecular flexibility index (Phi) is 10.4. The molecule has 0 aromatic rings. The first-order chi connectivity index (χ1) is 8.69. The second kappa shape index (κ2) is 11.0. The SMILES string of the molecule is C/C=C/C=C(\CN)C(=O)OCC(CC)CCCC. The average molecular weight is 253 g/mol. The summed E-state index contributed by atoms with van der Waals surface area (Å²) in [6.07, 6.45) is 9.92. The van der Waals surface area contributed by atoms with Gasteiger partial charge in [-0.3, -0.25) is 0 Å². The molecule has 0 aromatic carbocycles. The largest absolute Gasteiger partial charge is 0.462 e. The Morgan fingerprint density at radius 1 is 1.39 bits per heavy atom. The second-order valence-electron chi connectivity index (χ2n) is 4.44. The van der Waals surface area contributed by atoms with Crippen molar-refractivity contribution in [2.75, 3.05) is 13.2 Å². The van der Waals surface area contributed by atoms with Crippen LogP contribution < -0.4 is 5.73 Å². The highest BCUT2D eigenvalue weighted by Gasteiger charge is 2.12. The first kappa shape index (κ1) is 16.9. The zero-order valence-corrected chi connectivity index (χ0v) is 11.9. The molecular weight excluding hydrogens is 226 g/mol. The summed E-state index contributed by atoms with van der Waals surface area (Å²) in [4.78, 5) is 11.8. The molecule has 0 rings (SSSR count). The Bertz CT molecular complexity index is 282. The molecule has 0 saturated heterocycles. The summed E-state index contributed by atoms with van der Waals surface area (Å²) in [6.45, 7) is 6.92. The van der Waals surface area contributed by atoms with Crippen molar-refractivity contribution in [2.24, 2.45) is 11.7 Å². The number of esters is 1. The minimum absolute atomic E-state index is 0.217. The summed E-state index contributed by atoms with van der Waals surface area (Å²) >= 11 is 0. The van der Waals surface area contributed by atoms with E-state index in [2.05, 4.69) is 13.8 Å². The molecule has 0 amide bonds. The van der Waals surface area contributed by atoms with E-state index in [1.807, 2.05) is 13.0 Å². The Morgan fingerprint density at radius 2 is 2.11 bits per heavy atom. The van der Waals surface area contributed by atoms with Crippen LogP contribution in [0.4, 0.5) is 0 Å². The van der Waals surface area contributed by atoms with Crippen LogP contribution in [0.25, 0.3) is 0 Å². The molecule has 0 bridgehead atoms. The number of ether oxygens (including phenoxy) is 1. The zero-order chi connectivity index (χ0) is 13.8. The van der Waals surface area contributed by atoms with Gasteiger partial charge in [-0.25, -0.2) is 4.79 Å². The van der Waals surface area contributed by atoms with Crippen molar-refractivity contribution < 1.29 is 9.53 Å². The van der Waals surface area contributed by atoms with Crippen molar-refractivity contribution in [1.82, 2.24) is 0 Å². The predicted molar refractivity (Wildman–Crippen MR) is 76.2 cm³/mol. The van der Waals surface area contributed by atoms with Crippen LogP contribution in [0.15, 0.2) is 23.8 Å². The van der Waals surface area contributed by atoms with Gasteiger partial charge in [0.1, 0.15) is 0 Å². The summed E-state index contributed by atoms with van der Waals surface area (Å²) < 4.78 is 5.32. The molecule has 0 aliphatic heterocycles. The van der Waals surface area contributed by atoms with E-state index in [0.717, 1.165) is 12.8 Å². The maximum absolute atomic E-state index is 11.8. The summed E-state index contributed by atoms with van der Waals surface area (Å²) in [5, 5.41) is 0. The lowest BCUT2D eigenvalue weighted by atomic mass is 10.0. The van der Waals surface area contributed by atoms with Crippen LogP contribution in [0.1, 0.15) is 46.5 Å². The minimum Gasteiger partial charge on any atom is -0.462 e. The molecule has 0 aliphatic carbocycles. The topological polar surface area (TPSA) is 52.3 Å². The molecule has 0 aromatic heterocycles. The molecule has 3 heteroatoms. The van der Waals surface area contributed by atoms with Gasteiger partial charge in [-0.15, -0.1) is 0 Å². The van der Waals surface area contributed by atoms with E-state index in [4.69, 9.17) is 10.5 Å². The van der Waals surface area contributed by atoms with E-state index < -0.39 is 0 Å². The molecule has 0 fully saturated rings. The molecule has 0 spiro atoms. The number of hydrogen-bond acceptors (Lipinski definition) is 3. The smallest absolute Gasteiger partial charge is 0.335 e. The number of nitrogens with two attached hydrogens (primary N) is 1. The van der Waals surface area contributed by atoms with E-state index in [1.165, 1.54) is 12.8 Å². The fraction of sp³-hybridized carbons (Fsp3) is 0.667. The predicted octanol–water partition coefficient (Wildman–Crippen LogP) is 3.21. The quantitative estimate of drug-likeness (QED) is 0.390. The van der Waals surface area contributed by atoms with Gasteiger partial charge >= 0.3 is 5.97 Å². The number of unbranched alkanes of at least 4 members (excludes halogenated alkanes) is 1. The third kappa shape index (κ3) is 7.28. The summed E-state index contributed by atoms with van der Waals surface area (Å²) in [6, 6.07) is 0. The summed E-state index contributed by atoms with van der Waals surface area (Å²) in [5.74, 6) is 0.181. The monoisotopic (exact) mass is 253 g/mol. The van der Waals surface area contributed by atoms with Gasteiger partial charge in [-0.05, 0) is 19.3 Å². The van der Waals surface area contributed by atoms with Gasteiger partial charge in [0.05, 0.1) is 12.2 Å². The third-order valence-corrected chi connectivity index (χ3v) is 2.97. The maximum atomic E-state index is 11.8. The highest BCUT2D eigenvalue weighted by atomic mass is 16.5. The van der Waals surface area contributed by atoms with Gasteiger partial charge in [0.25, 0.3) is 0 Å². The Balaban J connectivity index is 4.20. The molecule has 0 radical (unpaired) electrons. The highest BCUT2D eigenvalue weighted by Crippen LogP contribution is 2.13. The molecule has 104 valence electrons. The van der Waals surface area contributed by atoms with Gasteiger partial charge in [0, 0.05) is 6.54 Å². The van der Waals surface area contributed by atoms with Crippen LogP contribution >= 0.6 is 0 Å². The van der Waals surface area contributed by atoms with Crippen molar-refractivity contribution in [2.45, 2.75) is 46.5 Å². The summed E-state index contributed by atoms with van der Waals surface area (Å²) in [7, 11) is 0. The first-order valence-corrected chi connectivity index (χ1v) is 6.88. The van der Waals surface area contributed by atoms with Gasteiger partial charge < -0.3 is 10.5 Å². The highest BCUT2D eigenvalue weighted by molar-refractivity contribution is 5.89. The third-order valence-electron chi connectivity index (χ3n) is 2.97. The fourth-order valence-corrected chi connectivity index (χ4v) is 1.62. The van der Waals surface area contributed by atoms with E-state index >= 15 is 0 Å². The molecule has 18 heavy (non-hydrogen) atoms. The molecule has 1 unspecified atom stereocenters. The minimum atomic E-state index is -0.287. The summed E-state index contributed by atoms with van der Waals surface area (Å²) in [5.41, 5.74) is 6.06. The Morgan fingerprint density at radius 3 is 2.61 bits per heavy atom. The van der Waals surface area contributed by atoms with Crippen molar-refractivity contribution in [3.8, 4) is 0 Å². The van der Waals surface area contributed by atoms with Crippen molar-refractivity contribution in [3.63, 3.8) is 0 Å². The van der Waals surface area contributed by atoms with Crippen LogP contribution in [0.5, 0.6) is 0 Å². The normalized spacial score (nSPS) is 13.9. The van der Waals surface area contributed by atoms with Crippen LogP contribution in [0, 0.1) is 5.92 Å². The van der Waals surface area contributed by atoms with E-state index in [9.17, 15) is 4.79 Å². The zero-order valence-electron chi connectivity index (χ0n) is 11.9. The maximum Gasteiger partial charge on any atom is 0.335 e. The molecule has 2 N–H and O–H groups in total. The van der Waals surface area contributed by atoms with Gasteiger partial charge in [-0.1, -0.05) is 51.3 Å². The lowest BCUT2D eigenvalue weighted by Crippen LogP contribution is -2.19. The van der Waals surface area contributed by atoms with Crippen molar-refractivity contribution in [3.05, 3.63) is 23.8 Å². The molecule has 0 saturated carbocycles. The molecule has 1 atom stereocenters. The first-order valence-electron chi connectivity index (χ1n) is 6.88. The molecule has 0 heterocycles. The van der Waals surface area contributed by atoms with Crippen molar-refractivity contribution in [1.29, 1.82) is 0 Å². The van der Waals surface area contributed by atoms with E-state index in [0.29, 0.717) is 18.1 Å². The molecule has 0 aliphatic rings. The average Bonchev–Trinajstić information content (AvgIpc) is 2.39. The Hall–Kier alpha value is -1.09. The van der Waals surface area contributed by atoms with Gasteiger partial charge in [0.15, 0.2) is 0 Å².